The summed E-state index contributed by atoms with van der Waals surface area (Å²) in [7, 11) is 1.92. The van der Waals surface area contributed by atoms with E-state index in [0.717, 1.165) is 65.7 Å². The van der Waals surface area contributed by atoms with E-state index in [1.54, 1.807) is 0 Å². The molecule has 4 heterocycles. The van der Waals surface area contributed by atoms with Crippen LogP contribution in [0, 0.1) is 18.8 Å². The summed E-state index contributed by atoms with van der Waals surface area (Å²) in [4.78, 5) is 2.58. The van der Waals surface area contributed by atoms with Gasteiger partial charge in [0.25, 0.3) is 0 Å². The Bertz CT molecular complexity index is 1110. The van der Waals surface area contributed by atoms with Crippen molar-refractivity contribution in [3.8, 4) is 22.8 Å². The van der Waals surface area contributed by atoms with Crippen LogP contribution in [-0.4, -0.2) is 50.8 Å². The minimum atomic E-state index is 0.331. The number of ether oxygens (including phenoxy) is 2. The molecule has 2 fully saturated rings. The van der Waals surface area contributed by atoms with Gasteiger partial charge in [-0.2, -0.15) is 5.10 Å². The first kappa shape index (κ1) is 19.5. The van der Waals surface area contributed by atoms with Gasteiger partial charge in [-0.3, -0.25) is 9.58 Å². The lowest BCUT2D eigenvalue weighted by atomic mass is 10.0. The van der Waals surface area contributed by atoms with Gasteiger partial charge in [0, 0.05) is 44.5 Å². The molecule has 1 saturated carbocycles. The topological polar surface area (TPSA) is 77.3 Å². The van der Waals surface area contributed by atoms with Gasteiger partial charge in [-0.1, -0.05) is 6.07 Å². The molecule has 0 bridgehead atoms. The molecule has 6 rings (SSSR count). The third-order valence-corrected chi connectivity index (χ3v) is 6.98. The second-order valence-corrected chi connectivity index (χ2v) is 9.32. The SMILES string of the molecule is Cc1nn(C)cc1-c1ccc(NC2C[C@@H]3CN(Cc4ccc5c(c4)OCO5)C[C@@H]3C2)nn1. The van der Waals surface area contributed by atoms with Crippen LogP contribution in [0.25, 0.3) is 11.3 Å². The molecule has 8 nitrogen and oxygen atoms in total. The van der Waals surface area contributed by atoms with Crippen LogP contribution >= 0.6 is 0 Å². The van der Waals surface area contributed by atoms with Gasteiger partial charge in [-0.05, 0) is 61.4 Å². The highest BCUT2D eigenvalue weighted by Crippen LogP contribution is 2.40. The van der Waals surface area contributed by atoms with Crippen molar-refractivity contribution in [2.24, 2.45) is 18.9 Å². The molecule has 0 amide bonds. The highest BCUT2D eigenvalue weighted by Gasteiger charge is 2.40. The van der Waals surface area contributed by atoms with Crippen LogP contribution in [0.4, 0.5) is 5.82 Å². The van der Waals surface area contributed by atoms with Crippen molar-refractivity contribution in [3.63, 3.8) is 0 Å². The van der Waals surface area contributed by atoms with E-state index >= 15 is 0 Å². The monoisotopic (exact) mass is 432 g/mol. The van der Waals surface area contributed by atoms with Crippen LogP contribution in [0.2, 0.25) is 0 Å². The average molecular weight is 433 g/mol. The molecule has 2 aliphatic heterocycles. The number of fused-ring (bicyclic) bond motifs is 2. The molecule has 8 heteroatoms. The predicted molar refractivity (Wildman–Crippen MR) is 120 cm³/mol. The summed E-state index contributed by atoms with van der Waals surface area (Å²) in [5, 5.41) is 16.9. The van der Waals surface area contributed by atoms with Crippen molar-refractivity contribution in [3.05, 3.63) is 47.8 Å². The Labute approximate surface area is 187 Å². The van der Waals surface area contributed by atoms with Crippen molar-refractivity contribution < 1.29 is 9.47 Å². The number of aryl methyl sites for hydroxylation is 2. The summed E-state index contributed by atoms with van der Waals surface area (Å²) in [6.07, 6.45) is 4.36. The van der Waals surface area contributed by atoms with Crippen molar-refractivity contribution in [2.45, 2.75) is 32.4 Å². The minimum absolute atomic E-state index is 0.331. The summed E-state index contributed by atoms with van der Waals surface area (Å²) in [5.74, 6) is 4.07. The fourth-order valence-electron chi connectivity index (χ4n) is 5.55. The molecule has 2 aromatic heterocycles. The zero-order valence-corrected chi connectivity index (χ0v) is 18.5. The highest BCUT2D eigenvalue weighted by atomic mass is 16.7. The molecular formula is C24H28N6O2. The van der Waals surface area contributed by atoms with E-state index in [1.807, 2.05) is 43.0 Å². The molecule has 166 valence electrons. The van der Waals surface area contributed by atoms with E-state index in [1.165, 1.54) is 18.4 Å². The molecule has 0 radical (unpaired) electrons. The maximum atomic E-state index is 5.52. The number of nitrogens with one attached hydrogen (secondary N) is 1. The number of nitrogens with zero attached hydrogens (tertiary/aromatic N) is 5. The Kier molecular flexibility index (Phi) is 4.75. The van der Waals surface area contributed by atoms with E-state index < -0.39 is 0 Å². The summed E-state index contributed by atoms with van der Waals surface area (Å²) >= 11 is 0. The first-order valence-electron chi connectivity index (χ1n) is 11.3. The third-order valence-electron chi connectivity index (χ3n) is 6.98. The van der Waals surface area contributed by atoms with E-state index in [-0.39, 0.29) is 0 Å². The molecule has 1 unspecified atom stereocenters. The van der Waals surface area contributed by atoms with Crippen LogP contribution in [0.1, 0.15) is 24.1 Å². The van der Waals surface area contributed by atoms with Gasteiger partial charge in [0.2, 0.25) is 6.79 Å². The Morgan fingerprint density at radius 2 is 1.84 bits per heavy atom. The number of likely N-dealkylation sites (tertiary alicyclic amines) is 1. The molecule has 1 aliphatic carbocycles. The highest BCUT2D eigenvalue weighted by molar-refractivity contribution is 5.61. The molecule has 3 aromatic rings. The number of benzene rings is 1. The Morgan fingerprint density at radius 3 is 2.56 bits per heavy atom. The first-order valence-corrected chi connectivity index (χ1v) is 11.3. The Balaban J connectivity index is 1.03. The summed E-state index contributed by atoms with van der Waals surface area (Å²) in [5.41, 5.74) is 4.16. The second kappa shape index (κ2) is 7.78. The van der Waals surface area contributed by atoms with Crippen LogP contribution in [0.5, 0.6) is 11.5 Å². The molecule has 1 saturated heterocycles. The summed E-state index contributed by atoms with van der Waals surface area (Å²) < 4.78 is 12.8. The zero-order valence-electron chi connectivity index (χ0n) is 18.5. The lowest BCUT2D eigenvalue weighted by Crippen LogP contribution is -2.25. The van der Waals surface area contributed by atoms with Crippen LogP contribution in [0.15, 0.2) is 36.5 Å². The Hall–Kier alpha value is -3.13. The van der Waals surface area contributed by atoms with Gasteiger partial charge in [0.15, 0.2) is 11.5 Å². The van der Waals surface area contributed by atoms with Crippen LogP contribution in [-0.2, 0) is 13.6 Å². The van der Waals surface area contributed by atoms with Gasteiger partial charge in [0.1, 0.15) is 5.82 Å². The quantitative estimate of drug-likeness (QED) is 0.663. The molecule has 1 aromatic carbocycles. The predicted octanol–water partition coefficient (Wildman–Crippen LogP) is 3.24. The van der Waals surface area contributed by atoms with Crippen LogP contribution in [0.3, 0.4) is 0 Å². The number of hydrogen-bond acceptors (Lipinski definition) is 7. The van der Waals surface area contributed by atoms with E-state index in [4.69, 9.17) is 9.47 Å². The fraction of sp³-hybridized carbons (Fsp3) is 0.458. The standard InChI is InChI=1S/C24H28N6O2/c1-15-20(13-29(2)28-15)21-4-6-24(27-26-21)25-19-8-17-11-30(12-18(17)9-19)10-16-3-5-22-23(7-16)32-14-31-22/h3-7,13,17-19H,8-12,14H2,1-2H3,(H,25,27)/t17-,18+,19?. The maximum Gasteiger partial charge on any atom is 0.231 e. The normalized spacial score (nSPS) is 24.1. The van der Waals surface area contributed by atoms with Gasteiger partial charge in [0.05, 0.1) is 11.4 Å². The lowest BCUT2D eigenvalue weighted by Gasteiger charge is -2.20. The third kappa shape index (κ3) is 3.68. The minimum Gasteiger partial charge on any atom is -0.454 e. The van der Waals surface area contributed by atoms with Crippen LogP contribution < -0.4 is 14.8 Å². The van der Waals surface area contributed by atoms with Crippen molar-refractivity contribution >= 4 is 5.82 Å². The molecule has 1 N–H and O–H groups in total. The molecular weight excluding hydrogens is 404 g/mol. The second-order valence-electron chi connectivity index (χ2n) is 9.32. The van der Waals surface area contributed by atoms with Crippen molar-refractivity contribution in [1.29, 1.82) is 0 Å². The van der Waals surface area contributed by atoms with Gasteiger partial charge < -0.3 is 14.8 Å². The lowest BCUT2D eigenvalue weighted by molar-refractivity contribution is 0.174. The Morgan fingerprint density at radius 1 is 1.03 bits per heavy atom. The van der Waals surface area contributed by atoms with Crippen molar-refractivity contribution in [1.82, 2.24) is 24.9 Å². The summed E-state index contributed by atoms with van der Waals surface area (Å²) in [6, 6.07) is 10.8. The molecule has 32 heavy (non-hydrogen) atoms. The number of aromatic nitrogens is 4. The number of hydrogen-bond donors (Lipinski definition) is 1. The largest absolute Gasteiger partial charge is 0.454 e. The fourth-order valence-corrected chi connectivity index (χ4v) is 5.55. The van der Waals surface area contributed by atoms with E-state index in [2.05, 4.69) is 37.6 Å². The van der Waals surface area contributed by atoms with Gasteiger partial charge in [-0.25, -0.2) is 0 Å². The van der Waals surface area contributed by atoms with Gasteiger partial charge >= 0.3 is 0 Å². The number of rotatable bonds is 5. The molecule has 3 atom stereocenters. The number of anilines is 1. The zero-order chi connectivity index (χ0) is 21.7. The molecule has 0 spiro atoms. The summed E-state index contributed by atoms with van der Waals surface area (Å²) in [6.45, 7) is 5.61. The van der Waals surface area contributed by atoms with Crippen molar-refractivity contribution in [2.75, 3.05) is 25.2 Å². The van der Waals surface area contributed by atoms with Gasteiger partial charge in [-0.15, -0.1) is 10.2 Å². The van der Waals surface area contributed by atoms with E-state index in [0.29, 0.717) is 12.8 Å². The van der Waals surface area contributed by atoms with E-state index in [9.17, 15) is 0 Å². The molecule has 3 aliphatic rings. The average Bonchev–Trinajstić information content (AvgIpc) is 3.52. The first-order chi connectivity index (χ1) is 15.6. The smallest absolute Gasteiger partial charge is 0.231 e. The maximum absolute atomic E-state index is 5.52.